The molecule has 1 aromatic rings. The summed E-state index contributed by atoms with van der Waals surface area (Å²) in [4.78, 5) is 24.0. The van der Waals surface area contributed by atoms with Crippen LogP contribution in [0.5, 0.6) is 5.75 Å². The molecule has 1 aliphatic rings. The highest BCUT2D eigenvalue weighted by atomic mass is 16.6. The van der Waals surface area contributed by atoms with Gasteiger partial charge in [0.2, 0.25) is 0 Å². The van der Waals surface area contributed by atoms with Gasteiger partial charge in [-0.2, -0.15) is 0 Å². The van der Waals surface area contributed by atoms with Crippen LogP contribution in [-0.2, 0) is 4.74 Å². The van der Waals surface area contributed by atoms with Crippen molar-refractivity contribution in [3.63, 3.8) is 0 Å². The van der Waals surface area contributed by atoms with E-state index in [9.17, 15) is 14.9 Å². The lowest BCUT2D eigenvalue weighted by Crippen LogP contribution is -2.36. The monoisotopic (exact) mass is 322 g/mol. The lowest BCUT2D eigenvalue weighted by molar-refractivity contribution is -0.384. The summed E-state index contributed by atoms with van der Waals surface area (Å²) in [6, 6.07) is 4.50. The first-order chi connectivity index (χ1) is 10.7. The molecule has 0 saturated carbocycles. The average Bonchev–Trinajstić information content (AvgIpc) is 2.87. The van der Waals surface area contributed by atoms with Crippen LogP contribution >= 0.6 is 0 Å². The van der Waals surface area contributed by atoms with E-state index in [1.165, 1.54) is 12.1 Å². The Bertz CT molecular complexity index is 609. The Balaban J connectivity index is 1.96. The van der Waals surface area contributed by atoms with Crippen LogP contribution in [0.15, 0.2) is 18.2 Å². The Kier molecular flexibility index (Phi) is 4.77. The second-order valence-electron chi connectivity index (χ2n) is 6.66. The number of carbonyl (C=O) groups excluding carboxylic acids is 1. The lowest BCUT2D eigenvalue weighted by Gasteiger charge is -2.24. The molecular formula is C16H22N2O5. The number of rotatable bonds is 3. The summed E-state index contributed by atoms with van der Waals surface area (Å²) in [5.74, 6) is 0.603. The summed E-state index contributed by atoms with van der Waals surface area (Å²) >= 11 is 0. The topological polar surface area (TPSA) is 81.9 Å². The molecule has 1 amide bonds. The van der Waals surface area contributed by atoms with E-state index in [-0.39, 0.29) is 17.9 Å². The van der Waals surface area contributed by atoms with Crippen LogP contribution in [0.4, 0.5) is 10.5 Å². The highest BCUT2D eigenvalue weighted by Crippen LogP contribution is 2.26. The number of nitrogens with zero attached hydrogens (tertiary/aromatic N) is 2. The normalized spacial score (nSPS) is 17.9. The van der Waals surface area contributed by atoms with E-state index in [0.29, 0.717) is 30.8 Å². The zero-order valence-corrected chi connectivity index (χ0v) is 13.9. The number of likely N-dealkylation sites (tertiary alicyclic amines) is 1. The fourth-order valence-corrected chi connectivity index (χ4v) is 2.38. The number of nitro benzene ring substituents is 1. The maximum Gasteiger partial charge on any atom is 0.410 e. The van der Waals surface area contributed by atoms with Crippen molar-refractivity contribution in [3.05, 3.63) is 33.9 Å². The summed E-state index contributed by atoms with van der Waals surface area (Å²) < 4.78 is 11.2. The van der Waals surface area contributed by atoms with Gasteiger partial charge in [-0.25, -0.2) is 4.79 Å². The van der Waals surface area contributed by atoms with E-state index >= 15 is 0 Å². The molecule has 0 aliphatic carbocycles. The molecule has 7 nitrogen and oxygen atoms in total. The first-order valence-electron chi connectivity index (χ1n) is 7.55. The van der Waals surface area contributed by atoms with Crippen molar-refractivity contribution in [3.8, 4) is 5.75 Å². The van der Waals surface area contributed by atoms with Crippen molar-refractivity contribution in [2.75, 3.05) is 13.1 Å². The number of amides is 1. The van der Waals surface area contributed by atoms with Gasteiger partial charge in [-0.3, -0.25) is 10.1 Å². The highest BCUT2D eigenvalue weighted by molar-refractivity contribution is 5.68. The quantitative estimate of drug-likeness (QED) is 0.630. The first-order valence-corrected chi connectivity index (χ1v) is 7.55. The van der Waals surface area contributed by atoms with Crippen molar-refractivity contribution in [2.24, 2.45) is 0 Å². The molecule has 7 heteroatoms. The van der Waals surface area contributed by atoms with Crippen LogP contribution in [0.3, 0.4) is 0 Å². The van der Waals surface area contributed by atoms with Gasteiger partial charge in [0.1, 0.15) is 17.5 Å². The molecule has 1 saturated heterocycles. The number of nitro groups is 1. The molecule has 1 heterocycles. The summed E-state index contributed by atoms with van der Waals surface area (Å²) in [7, 11) is 0. The second kappa shape index (κ2) is 6.44. The van der Waals surface area contributed by atoms with E-state index < -0.39 is 10.5 Å². The smallest absolute Gasteiger partial charge is 0.410 e. The molecule has 0 bridgehead atoms. The minimum absolute atomic E-state index is 0.0386. The van der Waals surface area contributed by atoms with Crippen LogP contribution in [-0.4, -0.2) is 40.7 Å². The number of carbonyl (C=O) groups is 1. The molecule has 1 unspecified atom stereocenters. The van der Waals surface area contributed by atoms with E-state index in [2.05, 4.69) is 0 Å². The molecule has 1 aromatic carbocycles. The number of ether oxygens (including phenoxy) is 2. The molecule has 0 aromatic heterocycles. The van der Waals surface area contributed by atoms with E-state index in [1.54, 1.807) is 17.9 Å². The minimum Gasteiger partial charge on any atom is -0.488 e. The maximum absolute atomic E-state index is 12.0. The zero-order valence-electron chi connectivity index (χ0n) is 13.9. The number of hydrogen-bond acceptors (Lipinski definition) is 5. The SMILES string of the molecule is Cc1cc([N+](=O)[O-])ccc1OC1CCN(C(=O)OC(C)(C)C)C1. The van der Waals surface area contributed by atoms with Gasteiger partial charge in [0.15, 0.2) is 0 Å². The Morgan fingerprint density at radius 2 is 2.09 bits per heavy atom. The summed E-state index contributed by atoms with van der Waals surface area (Å²) in [5, 5.41) is 10.7. The third-order valence-corrected chi connectivity index (χ3v) is 3.46. The van der Waals surface area contributed by atoms with Gasteiger partial charge in [0.05, 0.1) is 11.5 Å². The number of benzene rings is 1. The Morgan fingerprint density at radius 3 is 2.65 bits per heavy atom. The molecular weight excluding hydrogens is 300 g/mol. The largest absolute Gasteiger partial charge is 0.488 e. The molecule has 1 aliphatic heterocycles. The average molecular weight is 322 g/mol. The molecule has 0 N–H and O–H groups in total. The Labute approximate surface area is 135 Å². The zero-order chi connectivity index (χ0) is 17.2. The predicted molar refractivity (Wildman–Crippen MR) is 84.7 cm³/mol. The van der Waals surface area contributed by atoms with Gasteiger partial charge in [-0.1, -0.05) is 0 Å². The van der Waals surface area contributed by atoms with E-state index in [4.69, 9.17) is 9.47 Å². The van der Waals surface area contributed by atoms with Gasteiger partial charge in [-0.05, 0) is 39.3 Å². The Hall–Kier alpha value is -2.31. The third-order valence-electron chi connectivity index (χ3n) is 3.46. The molecule has 0 spiro atoms. The number of hydrogen-bond donors (Lipinski definition) is 0. The molecule has 126 valence electrons. The predicted octanol–water partition coefficient (Wildman–Crippen LogP) is 3.29. The maximum atomic E-state index is 12.0. The van der Waals surface area contributed by atoms with Crippen molar-refractivity contribution >= 4 is 11.8 Å². The van der Waals surface area contributed by atoms with Gasteiger partial charge in [0.25, 0.3) is 5.69 Å². The van der Waals surface area contributed by atoms with Crippen LogP contribution in [0.2, 0.25) is 0 Å². The molecule has 0 radical (unpaired) electrons. The van der Waals surface area contributed by atoms with Crippen LogP contribution in [0, 0.1) is 17.0 Å². The van der Waals surface area contributed by atoms with Gasteiger partial charge >= 0.3 is 6.09 Å². The lowest BCUT2D eigenvalue weighted by atomic mass is 10.2. The van der Waals surface area contributed by atoms with Crippen molar-refractivity contribution in [2.45, 2.75) is 45.8 Å². The third kappa shape index (κ3) is 4.58. The van der Waals surface area contributed by atoms with Gasteiger partial charge in [0, 0.05) is 25.1 Å². The number of aryl methyl sites for hydroxylation is 1. The van der Waals surface area contributed by atoms with Crippen molar-refractivity contribution in [1.82, 2.24) is 4.90 Å². The van der Waals surface area contributed by atoms with Gasteiger partial charge in [-0.15, -0.1) is 0 Å². The summed E-state index contributed by atoms with van der Waals surface area (Å²) in [6.07, 6.45) is 0.224. The standard InChI is InChI=1S/C16H22N2O5/c1-11-9-12(18(20)21)5-6-14(11)22-13-7-8-17(10-13)15(19)23-16(2,3)4/h5-6,9,13H,7-8,10H2,1-4H3. The molecule has 23 heavy (non-hydrogen) atoms. The number of non-ortho nitro benzene ring substituents is 1. The highest BCUT2D eigenvalue weighted by Gasteiger charge is 2.31. The van der Waals surface area contributed by atoms with E-state index in [0.717, 1.165) is 0 Å². The fourth-order valence-electron chi connectivity index (χ4n) is 2.38. The first kappa shape index (κ1) is 17.1. The van der Waals surface area contributed by atoms with Crippen LogP contribution < -0.4 is 4.74 Å². The second-order valence-corrected chi connectivity index (χ2v) is 6.66. The molecule has 2 rings (SSSR count). The molecule has 1 atom stereocenters. The fraction of sp³-hybridized carbons (Fsp3) is 0.562. The summed E-state index contributed by atoms with van der Waals surface area (Å²) in [6.45, 7) is 8.28. The Morgan fingerprint density at radius 1 is 1.39 bits per heavy atom. The molecule has 1 fully saturated rings. The van der Waals surface area contributed by atoms with Crippen LogP contribution in [0.1, 0.15) is 32.8 Å². The van der Waals surface area contributed by atoms with Gasteiger partial charge < -0.3 is 14.4 Å². The van der Waals surface area contributed by atoms with Crippen molar-refractivity contribution in [1.29, 1.82) is 0 Å². The minimum atomic E-state index is -0.523. The van der Waals surface area contributed by atoms with E-state index in [1.807, 2.05) is 20.8 Å². The van der Waals surface area contributed by atoms with Crippen molar-refractivity contribution < 1.29 is 19.2 Å². The van der Waals surface area contributed by atoms with Crippen LogP contribution in [0.25, 0.3) is 0 Å². The summed E-state index contributed by atoms with van der Waals surface area (Å²) in [5.41, 5.74) is 0.219.